The lowest BCUT2D eigenvalue weighted by molar-refractivity contribution is 0.162. The Kier molecular flexibility index (Phi) is 4.55. The van der Waals surface area contributed by atoms with Crippen molar-refractivity contribution >= 4 is 0 Å². The molecule has 18 heavy (non-hydrogen) atoms. The molecule has 0 saturated carbocycles. The van der Waals surface area contributed by atoms with Gasteiger partial charge in [0, 0.05) is 18.6 Å². The average Bonchev–Trinajstić information content (AvgIpc) is 2.88. The summed E-state index contributed by atoms with van der Waals surface area (Å²) in [5, 5.41) is 3.26. The molecule has 1 aliphatic rings. The molecule has 1 fully saturated rings. The molecule has 4 heteroatoms. The molecule has 2 unspecified atom stereocenters. The van der Waals surface area contributed by atoms with Gasteiger partial charge >= 0.3 is 0 Å². The van der Waals surface area contributed by atoms with Crippen LogP contribution < -0.4 is 10.1 Å². The predicted molar refractivity (Wildman–Crippen MR) is 68.4 cm³/mol. The van der Waals surface area contributed by atoms with Crippen LogP contribution >= 0.6 is 0 Å². The summed E-state index contributed by atoms with van der Waals surface area (Å²) in [5.74, 6) is 1.02. The Labute approximate surface area is 107 Å². The van der Waals surface area contributed by atoms with Crippen molar-refractivity contribution in [2.24, 2.45) is 5.92 Å². The summed E-state index contributed by atoms with van der Waals surface area (Å²) in [6.07, 6.45) is 1.07. The quantitative estimate of drug-likeness (QED) is 0.872. The summed E-state index contributed by atoms with van der Waals surface area (Å²) in [4.78, 5) is 0. The Morgan fingerprint density at radius 3 is 3.00 bits per heavy atom. The summed E-state index contributed by atoms with van der Waals surface area (Å²) in [7, 11) is 1.93. The molecule has 100 valence electrons. The van der Waals surface area contributed by atoms with Crippen LogP contribution in [0.3, 0.4) is 0 Å². The molecule has 1 aliphatic heterocycles. The van der Waals surface area contributed by atoms with Crippen molar-refractivity contribution in [1.82, 2.24) is 5.32 Å². The molecule has 0 radical (unpaired) electrons. The second-order valence-electron chi connectivity index (χ2n) is 4.74. The van der Waals surface area contributed by atoms with Crippen LogP contribution in [0.25, 0.3) is 0 Å². The number of nitrogens with one attached hydrogen (secondary N) is 1. The van der Waals surface area contributed by atoms with E-state index in [1.54, 1.807) is 19.1 Å². The van der Waals surface area contributed by atoms with Crippen molar-refractivity contribution < 1.29 is 13.9 Å². The highest BCUT2D eigenvalue weighted by molar-refractivity contribution is 5.28. The van der Waals surface area contributed by atoms with Gasteiger partial charge in [-0.15, -0.1) is 0 Å². The first-order valence-electron chi connectivity index (χ1n) is 6.34. The summed E-state index contributed by atoms with van der Waals surface area (Å²) in [5.41, 5.74) is 0.609. The minimum absolute atomic E-state index is 0.197. The van der Waals surface area contributed by atoms with Crippen LogP contribution in [0, 0.1) is 18.7 Å². The van der Waals surface area contributed by atoms with Gasteiger partial charge in [0.05, 0.1) is 6.61 Å². The van der Waals surface area contributed by atoms with Crippen molar-refractivity contribution in [3.8, 4) is 5.75 Å². The first-order chi connectivity index (χ1) is 8.70. The second kappa shape index (κ2) is 6.16. The normalized spacial score (nSPS) is 20.9. The van der Waals surface area contributed by atoms with Crippen molar-refractivity contribution in [3.05, 3.63) is 29.6 Å². The van der Waals surface area contributed by atoms with E-state index in [1.165, 1.54) is 6.07 Å². The molecule has 0 bridgehead atoms. The summed E-state index contributed by atoms with van der Waals surface area (Å²) < 4.78 is 24.2. The standard InChI is InChI=1S/C14H20FNO2/c1-10-7-12(3-4-13(10)15)18-9-14(16-2)11-5-6-17-8-11/h3-4,7,11,14,16H,5-6,8-9H2,1-2H3. The maximum absolute atomic E-state index is 13.1. The lowest BCUT2D eigenvalue weighted by atomic mass is 10.00. The lowest BCUT2D eigenvalue weighted by Gasteiger charge is -2.22. The molecule has 2 rings (SSSR count). The molecule has 1 heterocycles. The molecule has 3 nitrogen and oxygen atoms in total. The molecule has 1 aromatic carbocycles. The molecule has 1 saturated heterocycles. The highest BCUT2D eigenvalue weighted by atomic mass is 19.1. The van der Waals surface area contributed by atoms with Gasteiger partial charge in [0.2, 0.25) is 0 Å². The molecule has 0 aliphatic carbocycles. The van der Waals surface area contributed by atoms with Crippen LogP contribution in [0.4, 0.5) is 4.39 Å². The highest BCUT2D eigenvalue weighted by Crippen LogP contribution is 2.19. The topological polar surface area (TPSA) is 30.5 Å². The largest absolute Gasteiger partial charge is 0.492 e. The van der Waals surface area contributed by atoms with E-state index >= 15 is 0 Å². The highest BCUT2D eigenvalue weighted by Gasteiger charge is 2.25. The molecular formula is C14H20FNO2. The van der Waals surface area contributed by atoms with Gasteiger partial charge in [-0.05, 0) is 44.2 Å². The number of ether oxygens (including phenoxy) is 2. The summed E-state index contributed by atoms with van der Waals surface area (Å²) in [6, 6.07) is 5.11. The van der Waals surface area contributed by atoms with E-state index in [-0.39, 0.29) is 11.9 Å². The SMILES string of the molecule is CNC(COc1ccc(F)c(C)c1)C1CCOC1. The number of halogens is 1. The van der Waals surface area contributed by atoms with Gasteiger partial charge in [0.1, 0.15) is 18.2 Å². The van der Waals surface area contributed by atoms with E-state index in [9.17, 15) is 4.39 Å². The Balaban J connectivity index is 1.90. The first-order valence-corrected chi connectivity index (χ1v) is 6.34. The Bertz CT molecular complexity index is 391. The fourth-order valence-corrected chi connectivity index (χ4v) is 2.22. The fraction of sp³-hybridized carbons (Fsp3) is 0.571. The van der Waals surface area contributed by atoms with Crippen molar-refractivity contribution in [2.75, 3.05) is 26.9 Å². The Morgan fingerprint density at radius 1 is 1.56 bits per heavy atom. The van der Waals surface area contributed by atoms with E-state index < -0.39 is 0 Å². The van der Waals surface area contributed by atoms with Gasteiger partial charge in [-0.2, -0.15) is 0 Å². The molecule has 1 aromatic rings. The van der Waals surface area contributed by atoms with E-state index in [0.717, 1.165) is 19.6 Å². The number of aryl methyl sites for hydroxylation is 1. The van der Waals surface area contributed by atoms with Gasteiger partial charge in [-0.3, -0.25) is 0 Å². The predicted octanol–water partition coefficient (Wildman–Crippen LogP) is 2.14. The van der Waals surface area contributed by atoms with E-state index in [0.29, 0.717) is 23.8 Å². The number of hydrogen-bond acceptors (Lipinski definition) is 3. The monoisotopic (exact) mass is 253 g/mol. The van der Waals surface area contributed by atoms with E-state index in [2.05, 4.69) is 5.32 Å². The van der Waals surface area contributed by atoms with Crippen LogP contribution in [0.15, 0.2) is 18.2 Å². The number of rotatable bonds is 5. The first kappa shape index (κ1) is 13.3. The molecule has 1 N–H and O–H groups in total. The van der Waals surface area contributed by atoms with Gasteiger partial charge in [-0.1, -0.05) is 0 Å². The summed E-state index contributed by atoms with van der Waals surface area (Å²) in [6.45, 7) is 3.94. The van der Waals surface area contributed by atoms with Crippen LogP contribution in [-0.2, 0) is 4.74 Å². The third-order valence-corrected chi connectivity index (χ3v) is 3.46. The van der Waals surface area contributed by atoms with Crippen molar-refractivity contribution in [1.29, 1.82) is 0 Å². The van der Waals surface area contributed by atoms with Gasteiger partial charge < -0.3 is 14.8 Å². The number of hydrogen-bond donors (Lipinski definition) is 1. The number of likely N-dealkylation sites (N-methyl/N-ethyl adjacent to an activating group) is 1. The van der Waals surface area contributed by atoms with E-state index in [1.807, 2.05) is 7.05 Å². The minimum Gasteiger partial charge on any atom is -0.492 e. The third-order valence-electron chi connectivity index (χ3n) is 3.46. The zero-order valence-corrected chi connectivity index (χ0v) is 10.9. The van der Waals surface area contributed by atoms with Crippen LogP contribution in [-0.4, -0.2) is 32.9 Å². The smallest absolute Gasteiger partial charge is 0.126 e. The number of benzene rings is 1. The zero-order chi connectivity index (χ0) is 13.0. The average molecular weight is 253 g/mol. The maximum Gasteiger partial charge on any atom is 0.126 e. The van der Waals surface area contributed by atoms with E-state index in [4.69, 9.17) is 9.47 Å². The minimum atomic E-state index is -0.197. The van der Waals surface area contributed by atoms with Gasteiger partial charge in [-0.25, -0.2) is 4.39 Å². The zero-order valence-electron chi connectivity index (χ0n) is 10.9. The molecule has 0 amide bonds. The van der Waals surface area contributed by atoms with Crippen LogP contribution in [0.5, 0.6) is 5.75 Å². The Morgan fingerprint density at radius 2 is 2.39 bits per heavy atom. The Hall–Kier alpha value is -1.13. The van der Waals surface area contributed by atoms with Gasteiger partial charge in [0.25, 0.3) is 0 Å². The lowest BCUT2D eigenvalue weighted by Crippen LogP contribution is -2.39. The molecule has 0 aromatic heterocycles. The van der Waals surface area contributed by atoms with Crippen LogP contribution in [0.2, 0.25) is 0 Å². The maximum atomic E-state index is 13.1. The molecule has 0 spiro atoms. The van der Waals surface area contributed by atoms with Crippen molar-refractivity contribution in [2.45, 2.75) is 19.4 Å². The van der Waals surface area contributed by atoms with Gasteiger partial charge in [0.15, 0.2) is 0 Å². The van der Waals surface area contributed by atoms with Crippen molar-refractivity contribution in [3.63, 3.8) is 0 Å². The second-order valence-corrected chi connectivity index (χ2v) is 4.74. The molecular weight excluding hydrogens is 233 g/mol. The van der Waals surface area contributed by atoms with Crippen LogP contribution in [0.1, 0.15) is 12.0 Å². The third kappa shape index (κ3) is 3.21. The summed E-state index contributed by atoms with van der Waals surface area (Å²) >= 11 is 0. The fourth-order valence-electron chi connectivity index (χ4n) is 2.22. The molecule has 2 atom stereocenters.